The van der Waals surface area contributed by atoms with Crippen molar-refractivity contribution >= 4 is 27.8 Å². The predicted octanol–water partition coefficient (Wildman–Crippen LogP) is 2.37. The molecule has 0 bridgehead atoms. The van der Waals surface area contributed by atoms with Crippen LogP contribution in [-0.4, -0.2) is 24.7 Å². The zero-order chi connectivity index (χ0) is 15.4. The van der Waals surface area contributed by atoms with Gasteiger partial charge in [-0.25, -0.2) is 18.7 Å². The number of rotatable bonds is 1. The first-order chi connectivity index (χ1) is 10.5. The molecule has 0 aliphatic rings. The van der Waals surface area contributed by atoms with E-state index in [4.69, 9.17) is 5.73 Å². The van der Waals surface area contributed by atoms with E-state index in [-0.39, 0.29) is 17.2 Å². The molecular weight excluding hydrogens is 290 g/mol. The molecule has 8 heteroatoms. The maximum Gasteiger partial charge on any atom is 0.166 e. The maximum atomic E-state index is 13.8. The smallest absolute Gasteiger partial charge is 0.166 e. The largest absolute Gasteiger partial charge is 0.383 e. The highest BCUT2D eigenvalue weighted by atomic mass is 19.1. The average Bonchev–Trinajstić information content (AvgIpc) is 3.04. The van der Waals surface area contributed by atoms with Crippen LogP contribution < -0.4 is 5.73 Å². The van der Waals surface area contributed by atoms with Gasteiger partial charge in [0.05, 0.1) is 17.1 Å². The van der Waals surface area contributed by atoms with Crippen molar-refractivity contribution in [2.75, 3.05) is 5.73 Å². The molecule has 4 rings (SSSR count). The molecule has 0 spiro atoms. The summed E-state index contributed by atoms with van der Waals surface area (Å²) in [5.74, 6) is -0.791. The van der Waals surface area contributed by atoms with Gasteiger partial charge in [0.1, 0.15) is 17.5 Å². The Hall–Kier alpha value is -3.03. The number of benzene rings is 1. The molecule has 0 unspecified atom stereocenters. The van der Waals surface area contributed by atoms with E-state index in [1.165, 1.54) is 12.3 Å². The van der Waals surface area contributed by atoms with Crippen molar-refractivity contribution in [2.24, 2.45) is 7.05 Å². The van der Waals surface area contributed by atoms with Crippen LogP contribution in [0.15, 0.2) is 24.5 Å². The van der Waals surface area contributed by atoms with Gasteiger partial charge in [-0.1, -0.05) is 0 Å². The summed E-state index contributed by atoms with van der Waals surface area (Å²) in [6.07, 6.45) is 3.10. The Morgan fingerprint density at radius 2 is 2.00 bits per heavy atom. The first-order valence-corrected chi connectivity index (χ1v) is 6.46. The minimum atomic E-state index is -0.671. The van der Waals surface area contributed by atoms with Crippen LogP contribution in [0.25, 0.3) is 33.3 Å². The van der Waals surface area contributed by atoms with Gasteiger partial charge < -0.3 is 10.7 Å². The number of fused-ring (bicyclic) bond motifs is 2. The van der Waals surface area contributed by atoms with Crippen molar-refractivity contribution in [3.63, 3.8) is 0 Å². The number of halogens is 2. The Kier molecular flexibility index (Phi) is 2.44. The van der Waals surface area contributed by atoms with Crippen LogP contribution >= 0.6 is 0 Å². The zero-order valence-corrected chi connectivity index (χ0v) is 11.4. The van der Waals surface area contributed by atoms with Crippen LogP contribution in [0.4, 0.5) is 14.6 Å². The molecule has 0 saturated carbocycles. The number of nitrogen functional groups attached to an aromatic ring is 1. The lowest BCUT2D eigenvalue weighted by Crippen LogP contribution is -1.99. The van der Waals surface area contributed by atoms with Crippen LogP contribution in [0, 0.1) is 11.6 Å². The molecule has 0 aliphatic carbocycles. The summed E-state index contributed by atoms with van der Waals surface area (Å²) < 4.78 is 28.8. The highest BCUT2D eigenvalue weighted by molar-refractivity contribution is 5.96. The van der Waals surface area contributed by atoms with Gasteiger partial charge >= 0.3 is 0 Å². The third-order valence-corrected chi connectivity index (χ3v) is 3.57. The SMILES string of the molecule is Cn1ncc2c(N)nc(-c3c[nH]c4c(F)cc(F)cc34)nc21. The van der Waals surface area contributed by atoms with E-state index in [0.29, 0.717) is 22.0 Å². The molecule has 3 N–H and O–H groups in total. The minimum Gasteiger partial charge on any atom is -0.383 e. The van der Waals surface area contributed by atoms with Gasteiger partial charge in [-0.3, -0.25) is 4.68 Å². The third-order valence-electron chi connectivity index (χ3n) is 3.57. The molecular formula is C14H10F2N6. The number of H-pyrrole nitrogens is 1. The maximum absolute atomic E-state index is 13.8. The Morgan fingerprint density at radius 1 is 1.18 bits per heavy atom. The molecule has 110 valence electrons. The summed E-state index contributed by atoms with van der Waals surface area (Å²) in [7, 11) is 1.73. The summed E-state index contributed by atoms with van der Waals surface area (Å²) in [6.45, 7) is 0. The monoisotopic (exact) mass is 300 g/mol. The summed E-state index contributed by atoms with van der Waals surface area (Å²) >= 11 is 0. The molecule has 3 heterocycles. The lowest BCUT2D eigenvalue weighted by Gasteiger charge is -2.03. The van der Waals surface area contributed by atoms with E-state index in [1.807, 2.05) is 0 Å². The predicted molar refractivity (Wildman–Crippen MR) is 77.9 cm³/mol. The van der Waals surface area contributed by atoms with E-state index in [2.05, 4.69) is 20.1 Å². The van der Waals surface area contributed by atoms with Crippen molar-refractivity contribution in [3.05, 3.63) is 36.2 Å². The Balaban J connectivity index is 2.05. The lowest BCUT2D eigenvalue weighted by molar-refractivity contribution is 0.591. The summed E-state index contributed by atoms with van der Waals surface area (Å²) in [5, 5.41) is 5.06. The molecule has 3 aromatic heterocycles. The van der Waals surface area contributed by atoms with Gasteiger partial charge in [0.15, 0.2) is 11.5 Å². The fraction of sp³-hybridized carbons (Fsp3) is 0.0714. The second kappa shape index (κ2) is 4.23. The van der Waals surface area contributed by atoms with E-state index in [9.17, 15) is 8.78 Å². The van der Waals surface area contributed by atoms with E-state index < -0.39 is 11.6 Å². The van der Waals surface area contributed by atoms with Crippen molar-refractivity contribution < 1.29 is 8.78 Å². The van der Waals surface area contributed by atoms with Crippen molar-refractivity contribution in [1.29, 1.82) is 0 Å². The standard InChI is InChI=1S/C14H10F2N6/c1-22-14-9(5-19-22)12(17)20-13(21-14)8-4-18-11-7(8)2-6(15)3-10(11)16/h2-5,18H,1H3,(H2,17,20,21). The van der Waals surface area contributed by atoms with Crippen LogP contribution in [0.2, 0.25) is 0 Å². The molecule has 0 fully saturated rings. The topological polar surface area (TPSA) is 85.4 Å². The van der Waals surface area contributed by atoms with E-state index in [1.54, 1.807) is 17.9 Å². The summed E-state index contributed by atoms with van der Waals surface area (Å²) in [6, 6.07) is 2.05. The van der Waals surface area contributed by atoms with Crippen LogP contribution in [0.1, 0.15) is 0 Å². The summed E-state index contributed by atoms with van der Waals surface area (Å²) in [5.41, 5.74) is 7.14. The second-order valence-corrected chi connectivity index (χ2v) is 4.95. The summed E-state index contributed by atoms with van der Waals surface area (Å²) in [4.78, 5) is 11.4. The van der Waals surface area contributed by atoms with E-state index in [0.717, 1.165) is 6.07 Å². The zero-order valence-electron chi connectivity index (χ0n) is 11.4. The highest BCUT2D eigenvalue weighted by Crippen LogP contribution is 2.30. The number of nitrogens with two attached hydrogens (primary N) is 1. The number of nitrogens with zero attached hydrogens (tertiary/aromatic N) is 4. The number of aryl methyl sites for hydroxylation is 1. The molecule has 0 atom stereocenters. The van der Waals surface area contributed by atoms with E-state index >= 15 is 0 Å². The lowest BCUT2D eigenvalue weighted by atomic mass is 10.1. The fourth-order valence-corrected chi connectivity index (χ4v) is 2.50. The number of nitrogens with one attached hydrogen (secondary N) is 1. The molecule has 1 aromatic carbocycles. The Bertz CT molecular complexity index is 1030. The Morgan fingerprint density at radius 3 is 2.82 bits per heavy atom. The molecule has 0 aliphatic heterocycles. The van der Waals surface area contributed by atoms with Crippen LogP contribution in [0.5, 0.6) is 0 Å². The molecule has 0 radical (unpaired) electrons. The van der Waals surface area contributed by atoms with Gasteiger partial charge in [0, 0.05) is 30.3 Å². The molecule has 22 heavy (non-hydrogen) atoms. The van der Waals surface area contributed by atoms with Gasteiger partial charge in [0.25, 0.3) is 0 Å². The highest BCUT2D eigenvalue weighted by Gasteiger charge is 2.16. The van der Waals surface area contributed by atoms with Crippen molar-refractivity contribution in [1.82, 2.24) is 24.7 Å². The third kappa shape index (κ3) is 1.67. The van der Waals surface area contributed by atoms with Crippen molar-refractivity contribution in [2.45, 2.75) is 0 Å². The fourth-order valence-electron chi connectivity index (χ4n) is 2.50. The Labute approximate surface area is 122 Å². The van der Waals surface area contributed by atoms with Gasteiger partial charge in [0.2, 0.25) is 0 Å². The number of hydrogen-bond donors (Lipinski definition) is 2. The van der Waals surface area contributed by atoms with Crippen LogP contribution in [-0.2, 0) is 7.05 Å². The normalized spacial score (nSPS) is 11.6. The molecule has 0 saturated heterocycles. The molecule has 4 aromatic rings. The number of anilines is 1. The molecule has 0 amide bonds. The van der Waals surface area contributed by atoms with Gasteiger partial charge in [-0.15, -0.1) is 0 Å². The quantitative estimate of drug-likeness (QED) is 0.565. The number of aromatic nitrogens is 5. The first-order valence-electron chi connectivity index (χ1n) is 6.46. The number of hydrogen-bond acceptors (Lipinski definition) is 4. The number of aromatic amines is 1. The average molecular weight is 300 g/mol. The van der Waals surface area contributed by atoms with Crippen molar-refractivity contribution in [3.8, 4) is 11.4 Å². The first kappa shape index (κ1) is 12.7. The minimum absolute atomic E-state index is 0.198. The molecule has 6 nitrogen and oxygen atoms in total. The van der Waals surface area contributed by atoms with Crippen LogP contribution in [0.3, 0.4) is 0 Å². The second-order valence-electron chi connectivity index (χ2n) is 4.95. The van der Waals surface area contributed by atoms with Gasteiger partial charge in [-0.2, -0.15) is 5.10 Å². The van der Waals surface area contributed by atoms with Gasteiger partial charge in [-0.05, 0) is 6.07 Å².